The van der Waals surface area contributed by atoms with E-state index in [1.165, 1.54) is 0 Å². The van der Waals surface area contributed by atoms with Crippen LogP contribution in [0, 0.1) is 30.3 Å². The molecule has 21 heavy (non-hydrogen) atoms. The molecule has 11 heteroatoms. The number of rotatable bonds is 3. The first kappa shape index (κ1) is 18.2. The average Bonchev–Trinajstić information content (AvgIpc) is 2.25. The molecule has 0 aliphatic heterocycles. The van der Waals surface area contributed by atoms with Gasteiger partial charge in [0.05, 0.1) is 26.9 Å². The Kier molecular flexibility index (Phi) is 5.68. The zero-order valence-corrected chi connectivity index (χ0v) is 11.5. The topological polar surface area (TPSA) is 176 Å². The molecule has 0 atom stereocenters. The summed E-state index contributed by atoms with van der Waals surface area (Å²) >= 11 is 0. The third kappa shape index (κ3) is 6.24. The highest BCUT2D eigenvalue weighted by molar-refractivity contribution is 5.64. The second-order valence-electron chi connectivity index (χ2n) is 4.97. The summed E-state index contributed by atoms with van der Waals surface area (Å²) in [7, 11) is 0. The van der Waals surface area contributed by atoms with Crippen molar-refractivity contribution in [2.45, 2.75) is 26.3 Å². The SMILES string of the molecule is CC(C)(C)N.O=[N+]([O-])c1cc([N+](=O)[O-])c(O)c([N+](=O)[O-])c1. The van der Waals surface area contributed by atoms with E-state index in [1.807, 2.05) is 20.8 Å². The lowest BCUT2D eigenvalue weighted by Crippen LogP contribution is -2.26. The molecule has 0 saturated heterocycles. The van der Waals surface area contributed by atoms with E-state index in [0.717, 1.165) is 0 Å². The van der Waals surface area contributed by atoms with Gasteiger partial charge in [-0.25, -0.2) is 0 Å². The van der Waals surface area contributed by atoms with E-state index in [1.54, 1.807) is 0 Å². The van der Waals surface area contributed by atoms with Crippen LogP contribution in [0.3, 0.4) is 0 Å². The highest BCUT2D eigenvalue weighted by Gasteiger charge is 2.30. The van der Waals surface area contributed by atoms with Gasteiger partial charge in [0.2, 0.25) is 0 Å². The maximum Gasteiger partial charge on any atom is 0.324 e. The van der Waals surface area contributed by atoms with Crippen LogP contribution in [0.15, 0.2) is 12.1 Å². The Labute approximate surface area is 118 Å². The summed E-state index contributed by atoms with van der Waals surface area (Å²) < 4.78 is 0. The van der Waals surface area contributed by atoms with Gasteiger partial charge >= 0.3 is 11.4 Å². The number of aromatic hydroxyl groups is 1. The van der Waals surface area contributed by atoms with Crippen molar-refractivity contribution >= 4 is 17.1 Å². The molecule has 11 nitrogen and oxygen atoms in total. The van der Waals surface area contributed by atoms with Gasteiger partial charge in [-0.3, -0.25) is 30.3 Å². The van der Waals surface area contributed by atoms with Crippen LogP contribution in [0.5, 0.6) is 5.75 Å². The van der Waals surface area contributed by atoms with E-state index in [2.05, 4.69) is 0 Å². The molecular formula is C10H14N4O7. The highest BCUT2D eigenvalue weighted by Crippen LogP contribution is 2.38. The van der Waals surface area contributed by atoms with Gasteiger partial charge in [-0.15, -0.1) is 0 Å². The zero-order chi connectivity index (χ0) is 17.0. The Morgan fingerprint density at radius 2 is 1.24 bits per heavy atom. The van der Waals surface area contributed by atoms with Gasteiger partial charge in [0, 0.05) is 5.54 Å². The maximum atomic E-state index is 10.4. The number of hydrogen-bond donors (Lipinski definition) is 2. The number of nitro benzene ring substituents is 3. The Morgan fingerprint density at radius 1 is 0.952 bits per heavy atom. The Balaban J connectivity index is 0.000000690. The van der Waals surface area contributed by atoms with E-state index in [4.69, 9.17) is 10.8 Å². The molecule has 0 amide bonds. The van der Waals surface area contributed by atoms with E-state index in [-0.39, 0.29) is 5.54 Å². The summed E-state index contributed by atoms with van der Waals surface area (Å²) in [5.41, 5.74) is 2.35. The van der Waals surface area contributed by atoms with E-state index in [9.17, 15) is 30.3 Å². The second kappa shape index (κ2) is 6.56. The van der Waals surface area contributed by atoms with E-state index >= 15 is 0 Å². The summed E-state index contributed by atoms with van der Waals surface area (Å²) in [6.07, 6.45) is 0. The molecule has 0 aliphatic carbocycles. The van der Waals surface area contributed by atoms with Crippen LogP contribution in [-0.4, -0.2) is 25.4 Å². The predicted octanol–water partition coefficient (Wildman–Crippen LogP) is 1.86. The first-order valence-corrected chi connectivity index (χ1v) is 5.43. The lowest BCUT2D eigenvalue weighted by molar-refractivity contribution is -0.404. The van der Waals surface area contributed by atoms with Crippen molar-refractivity contribution in [2.75, 3.05) is 0 Å². The minimum Gasteiger partial charge on any atom is -0.497 e. The molecule has 0 aromatic heterocycles. The van der Waals surface area contributed by atoms with Crippen LogP contribution >= 0.6 is 0 Å². The average molecular weight is 302 g/mol. The maximum absolute atomic E-state index is 10.4. The van der Waals surface area contributed by atoms with Gasteiger partial charge in [-0.2, -0.15) is 0 Å². The molecule has 0 unspecified atom stereocenters. The van der Waals surface area contributed by atoms with Crippen molar-refractivity contribution in [3.8, 4) is 5.75 Å². The van der Waals surface area contributed by atoms with E-state index < -0.39 is 37.6 Å². The van der Waals surface area contributed by atoms with Crippen LogP contribution in [0.25, 0.3) is 0 Å². The van der Waals surface area contributed by atoms with Crippen molar-refractivity contribution in [1.29, 1.82) is 0 Å². The van der Waals surface area contributed by atoms with Crippen molar-refractivity contribution < 1.29 is 19.9 Å². The highest BCUT2D eigenvalue weighted by atomic mass is 16.6. The van der Waals surface area contributed by atoms with Gasteiger partial charge in [0.1, 0.15) is 0 Å². The fourth-order valence-corrected chi connectivity index (χ4v) is 0.974. The summed E-state index contributed by atoms with van der Waals surface area (Å²) in [6, 6.07) is 0.894. The molecule has 0 spiro atoms. The fourth-order valence-electron chi connectivity index (χ4n) is 0.974. The first-order valence-electron chi connectivity index (χ1n) is 5.43. The van der Waals surface area contributed by atoms with Gasteiger partial charge < -0.3 is 10.8 Å². The van der Waals surface area contributed by atoms with Gasteiger partial charge in [0.25, 0.3) is 11.4 Å². The van der Waals surface area contributed by atoms with Crippen molar-refractivity contribution in [1.82, 2.24) is 0 Å². The first-order chi connectivity index (χ1) is 9.34. The normalized spacial score (nSPS) is 10.3. The summed E-state index contributed by atoms with van der Waals surface area (Å²) in [4.78, 5) is 27.8. The number of nitrogens with two attached hydrogens (primary N) is 1. The number of non-ortho nitro benzene ring substituents is 1. The second-order valence-corrected chi connectivity index (χ2v) is 4.97. The molecule has 0 saturated carbocycles. The van der Waals surface area contributed by atoms with Crippen molar-refractivity contribution in [2.24, 2.45) is 5.73 Å². The molecule has 116 valence electrons. The molecule has 1 aromatic carbocycles. The minimum absolute atomic E-state index is 0. The Bertz CT molecular complexity index is 538. The van der Waals surface area contributed by atoms with E-state index in [0.29, 0.717) is 12.1 Å². The standard InChI is InChI=1S/C6H3N3O7.C4H11N/c10-6-4(8(13)14)1-3(7(11)12)2-5(6)9(15)16;1-4(2,3)5/h1-2,10H;5H2,1-3H3. The third-order valence-electron chi connectivity index (χ3n) is 1.66. The number of nitro groups is 3. The summed E-state index contributed by atoms with van der Waals surface area (Å²) in [5, 5.41) is 40.2. The van der Waals surface area contributed by atoms with Crippen molar-refractivity contribution in [3.63, 3.8) is 0 Å². The van der Waals surface area contributed by atoms with Gasteiger partial charge in [-0.05, 0) is 20.8 Å². The zero-order valence-electron chi connectivity index (χ0n) is 11.5. The molecule has 1 aromatic rings. The lowest BCUT2D eigenvalue weighted by Gasteiger charge is -2.06. The third-order valence-corrected chi connectivity index (χ3v) is 1.66. The molecule has 3 N–H and O–H groups in total. The van der Waals surface area contributed by atoms with Crippen molar-refractivity contribution in [3.05, 3.63) is 42.5 Å². The number of phenolic OH excluding ortho intramolecular Hbond substituents is 1. The number of hydrogen-bond acceptors (Lipinski definition) is 8. The molecule has 0 heterocycles. The summed E-state index contributed by atoms with van der Waals surface area (Å²) in [5.74, 6) is -1.21. The molecule has 0 fully saturated rings. The number of nitrogens with zero attached hydrogens (tertiary/aromatic N) is 3. The minimum atomic E-state index is -1.21. The van der Waals surface area contributed by atoms with Gasteiger partial charge in [0.15, 0.2) is 0 Å². The van der Waals surface area contributed by atoms with Crippen LogP contribution in [-0.2, 0) is 0 Å². The lowest BCUT2D eigenvalue weighted by atomic mass is 10.1. The van der Waals surface area contributed by atoms with Crippen LogP contribution in [0.1, 0.15) is 20.8 Å². The number of phenols is 1. The molecular weight excluding hydrogens is 288 g/mol. The fraction of sp³-hybridized carbons (Fsp3) is 0.400. The quantitative estimate of drug-likeness (QED) is 0.627. The van der Waals surface area contributed by atoms with Crippen LogP contribution in [0.2, 0.25) is 0 Å². The Morgan fingerprint density at radius 3 is 1.43 bits per heavy atom. The molecule has 0 radical (unpaired) electrons. The predicted molar refractivity (Wildman–Crippen MR) is 72.0 cm³/mol. The van der Waals surface area contributed by atoms with Crippen LogP contribution < -0.4 is 5.73 Å². The monoisotopic (exact) mass is 302 g/mol. The number of benzene rings is 1. The molecule has 1 rings (SSSR count). The van der Waals surface area contributed by atoms with Crippen LogP contribution in [0.4, 0.5) is 17.1 Å². The molecule has 0 aliphatic rings. The summed E-state index contributed by atoms with van der Waals surface area (Å²) in [6.45, 7) is 5.90. The molecule has 0 bridgehead atoms. The Hall–Kier alpha value is -2.82. The smallest absolute Gasteiger partial charge is 0.324 e. The largest absolute Gasteiger partial charge is 0.497 e. The van der Waals surface area contributed by atoms with Gasteiger partial charge in [-0.1, -0.05) is 0 Å².